The van der Waals surface area contributed by atoms with E-state index < -0.39 is 0 Å². The van der Waals surface area contributed by atoms with E-state index in [2.05, 4.69) is 37.9 Å². The van der Waals surface area contributed by atoms with Crippen molar-refractivity contribution in [3.8, 4) is 0 Å². The summed E-state index contributed by atoms with van der Waals surface area (Å²) >= 11 is 0. The van der Waals surface area contributed by atoms with Crippen molar-refractivity contribution < 1.29 is 0 Å². The second-order valence-electron chi connectivity index (χ2n) is 5.01. The van der Waals surface area contributed by atoms with Crippen LogP contribution in [0.1, 0.15) is 47.0 Å². The number of nitrogens with one attached hydrogen (secondary N) is 1. The van der Waals surface area contributed by atoms with Crippen LogP contribution in [0.25, 0.3) is 0 Å². The molecule has 1 heterocycles. The van der Waals surface area contributed by atoms with E-state index in [9.17, 15) is 0 Å². The zero-order valence-corrected chi connectivity index (χ0v) is 10.9. The first-order valence-corrected chi connectivity index (χ1v) is 6.66. The third-order valence-corrected chi connectivity index (χ3v) is 4.08. The molecule has 0 radical (unpaired) electrons. The summed E-state index contributed by atoms with van der Waals surface area (Å²) < 4.78 is 0. The molecule has 0 amide bonds. The number of likely N-dealkylation sites (tertiary alicyclic amines) is 1. The minimum absolute atomic E-state index is 0.661. The summed E-state index contributed by atoms with van der Waals surface area (Å²) in [5.41, 5.74) is 0. The summed E-state index contributed by atoms with van der Waals surface area (Å²) in [6, 6.07) is 1.45. The first-order chi connectivity index (χ1) is 7.19. The summed E-state index contributed by atoms with van der Waals surface area (Å²) in [4.78, 5) is 2.61. The van der Waals surface area contributed by atoms with Crippen LogP contribution < -0.4 is 5.32 Å². The smallest absolute Gasteiger partial charge is 0.0221 e. The highest BCUT2D eigenvalue weighted by atomic mass is 15.2. The van der Waals surface area contributed by atoms with Crippen LogP contribution in [0.3, 0.4) is 0 Å². The van der Waals surface area contributed by atoms with Gasteiger partial charge in [-0.1, -0.05) is 27.2 Å². The van der Waals surface area contributed by atoms with Gasteiger partial charge in [-0.25, -0.2) is 0 Å². The van der Waals surface area contributed by atoms with Crippen molar-refractivity contribution in [1.29, 1.82) is 0 Å². The summed E-state index contributed by atoms with van der Waals surface area (Å²) in [6.07, 6.45) is 4.04. The normalized spacial score (nSPS) is 26.8. The van der Waals surface area contributed by atoms with Crippen molar-refractivity contribution in [3.63, 3.8) is 0 Å². The van der Waals surface area contributed by atoms with Crippen molar-refractivity contribution in [2.45, 2.75) is 59.0 Å². The summed E-state index contributed by atoms with van der Waals surface area (Å²) in [7, 11) is 0. The molecule has 15 heavy (non-hydrogen) atoms. The van der Waals surface area contributed by atoms with Gasteiger partial charge >= 0.3 is 0 Å². The van der Waals surface area contributed by atoms with Gasteiger partial charge in [-0.15, -0.1) is 0 Å². The van der Waals surface area contributed by atoms with Gasteiger partial charge in [0.05, 0.1) is 0 Å². The number of likely N-dealkylation sites (N-methyl/N-ethyl adjacent to an activating group) is 1. The van der Waals surface area contributed by atoms with Crippen molar-refractivity contribution in [2.75, 3.05) is 19.6 Å². The fourth-order valence-electron chi connectivity index (χ4n) is 2.42. The molecule has 90 valence electrons. The Morgan fingerprint density at radius 2 is 2.07 bits per heavy atom. The highest BCUT2D eigenvalue weighted by Crippen LogP contribution is 2.16. The topological polar surface area (TPSA) is 15.3 Å². The minimum atomic E-state index is 0.661. The van der Waals surface area contributed by atoms with Crippen molar-refractivity contribution in [3.05, 3.63) is 0 Å². The van der Waals surface area contributed by atoms with Gasteiger partial charge in [0.1, 0.15) is 0 Å². The Bertz CT molecular complexity index is 170. The summed E-state index contributed by atoms with van der Waals surface area (Å²) in [5, 5.41) is 3.70. The van der Waals surface area contributed by atoms with Crippen molar-refractivity contribution >= 4 is 0 Å². The summed E-state index contributed by atoms with van der Waals surface area (Å²) in [5.74, 6) is 0.793. The van der Waals surface area contributed by atoms with E-state index in [-0.39, 0.29) is 0 Å². The zero-order chi connectivity index (χ0) is 11.3. The maximum atomic E-state index is 3.70. The molecule has 0 bridgehead atoms. The lowest BCUT2D eigenvalue weighted by molar-refractivity contribution is 0.246. The average molecular weight is 212 g/mol. The lowest BCUT2D eigenvalue weighted by atomic mass is 10.0. The van der Waals surface area contributed by atoms with Crippen LogP contribution in [0.2, 0.25) is 0 Å². The van der Waals surface area contributed by atoms with Crippen LogP contribution in [-0.4, -0.2) is 36.6 Å². The number of hydrogen-bond acceptors (Lipinski definition) is 2. The third-order valence-electron chi connectivity index (χ3n) is 4.08. The van der Waals surface area contributed by atoms with Crippen LogP contribution in [-0.2, 0) is 0 Å². The van der Waals surface area contributed by atoms with Crippen molar-refractivity contribution in [1.82, 2.24) is 10.2 Å². The Labute approximate surface area is 95.4 Å². The second kappa shape index (κ2) is 6.49. The highest BCUT2D eigenvalue weighted by molar-refractivity contribution is 4.81. The number of nitrogens with zero attached hydrogens (tertiary/aromatic N) is 1. The Morgan fingerprint density at radius 1 is 1.33 bits per heavy atom. The first kappa shape index (κ1) is 13.0. The Morgan fingerprint density at radius 3 is 2.67 bits per heavy atom. The molecule has 1 aliphatic rings. The van der Waals surface area contributed by atoms with Gasteiger partial charge in [-0.3, -0.25) is 4.90 Å². The SMILES string of the molecule is CCC(C)C(C)NCC1CCCN1CC. The highest BCUT2D eigenvalue weighted by Gasteiger charge is 2.23. The molecule has 0 aromatic carbocycles. The van der Waals surface area contributed by atoms with E-state index in [4.69, 9.17) is 0 Å². The van der Waals surface area contributed by atoms with Gasteiger partial charge in [0, 0.05) is 18.6 Å². The van der Waals surface area contributed by atoms with Gasteiger partial charge < -0.3 is 5.32 Å². The fourth-order valence-corrected chi connectivity index (χ4v) is 2.42. The van der Waals surface area contributed by atoms with Gasteiger partial charge in [0.25, 0.3) is 0 Å². The lowest BCUT2D eigenvalue weighted by Crippen LogP contribution is -2.42. The molecule has 2 heteroatoms. The van der Waals surface area contributed by atoms with Gasteiger partial charge in [-0.05, 0) is 38.8 Å². The van der Waals surface area contributed by atoms with E-state index in [0.717, 1.165) is 12.0 Å². The van der Waals surface area contributed by atoms with Crippen LogP contribution in [0.15, 0.2) is 0 Å². The molecule has 0 spiro atoms. The molecule has 3 atom stereocenters. The molecular weight excluding hydrogens is 184 g/mol. The molecule has 1 aliphatic heterocycles. The monoisotopic (exact) mass is 212 g/mol. The molecule has 0 aromatic rings. The van der Waals surface area contributed by atoms with E-state index in [1.165, 1.54) is 38.9 Å². The minimum Gasteiger partial charge on any atom is -0.312 e. The third kappa shape index (κ3) is 3.76. The Hall–Kier alpha value is -0.0800. The van der Waals surface area contributed by atoms with Crippen LogP contribution in [0.4, 0.5) is 0 Å². The molecule has 1 rings (SSSR count). The predicted octanol–water partition coefficient (Wildman–Crippen LogP) is 2.49. The van der Waals surface area contributed by atoms with E-state index in [1.54, 1.807) is 0 Å². The maximum absolute atomic E-state index is 3.70. The predicted molar refractivity (Wildman–Crippen MR) is 67.2 cm³/mol. The number of hydrogen-bond donors (Lipinski definition) is 1. The Kier molecular flexibility index (Phi) is 5.62. The van der Waals surface area contributed by atoms with Gasteiger partial charge in [0.2, 0.25) is 0 Å². The van der Waals surface area contributed by atoms with Crippen LogP contribution in [0, 0.1) is 5.92 Å². The average Bonchev–Trinajstić information content (AvgIpc) is 2.71. The second-order valence-corrected chi connectivity index (χ2v) is 5.01. The molecule has 0 aliphatic carbocycles. The fraction of sp³-hybridized carbons (Fsp3) is 1.00. The quantitative estimate of drug-likeness (QED) is 0.728. The zero-order valence-electron chi connectivity index (χ0n) is 10.9. The largest absolute Gasteiger partial charge is 0.312 e. The molecule has 1 fully saturated rings. The molecule has 2 nitrogen and oxygen atoms in total. The first-order valence-electron chi connectivity index (χ1n) is 6.66. The lowest BCUT2D eigenvalue weighted by Gasteiger charge is -2.27. The van der Waals surface area contributed by atoms with Crippen LogP contribution >= 0.6 is 0 Å². The molecular formula is C13H28N2. The van der Waals surface area contributed by atoms with E-state index in [0.29, 0.717) is 6.04 Å². The standard InChI is InChI=1S/C13H28N2/c1-5-11(3)12(4)14-10-13-8-7-9-15(13)6-2/h11-14H,5-10H2,1-4H3. The van der Waals surface area contributed by atoms with Crippen LogP contribution in [0.5, 0.6) is 0 Å². The Balaban J connectivity index is 2.24. The molecule has 1 N–H and O–H groups in total. The molecule has 0 saturated carbocycles. The van der Waals surface area contributed by atoms with E-state index >= 15 is 0 Å². The van der Waals surface area contributed by atoms with E-state index in [1.807, 2.05) is 0 Å². The van der Waals surface area contributed by atoms with Gasteiger partial charge in [-0.2, -0.15) is 0 Å². The number of rotatable bonds is 6. The van der Waals surface area contributed by atoms with Gasteiger partial charge in [0.15, 0.2) is 0 Å². The molecule has 1 saturated heterocycles. The molecule has 3 unspecified atom stereocenters. The van der Waals surface area contributed by atoms with Crippen molar-refractivity contribution in [2.24, 2.45) is 5.92 Å². The summed E-state index contributed by atoms with van der Waals surface area (Å²) in [6.45, 7) is 12.9. The molecule has 0 aromatic heterocycles. The maximum Gasteiger partial charge on any atom is 0.0221 e.